The fourth-order valence-corrected chi connectivity index (χ4v) is 2.97. The maximum atomic E-state index is 3.50. The minimum Gasteiger partial charge on any atom is -0.274 e. The van der Waals surface area contributed by atoms with E-state index in [4.69, 9.17) is 0 Å². The Bertz CT molecular complexity index is 503. The lowest BCUT2D eigenvalue weighted by Gasteiger charge is -2.16. The van der Waals surface area contributed by atoms with Crippen LogP contribution in [-0.4, -0.2) is 61.1 Å². The molecule has 0 bridgehead atoms. The van der Waals surface area contributed by atoms with Gasteiger partial charge in [-0.1, -0.05) is 0 Å². The number of benzene rings is 1. The Labute approximate surface area is 120 Å². The minimum absolute atomic E-state index is 1.07. The molecule has 0 saturated carbocycles. The van der Waals surface area contributed by atoms with E-state index in [1.54, 1.807) is 0 Å². The van der Waals surface area contributed by atoms with Crippen LogP contribution < -0.4 is 10.6 Å². The summed E-state index contributed by atoms with van der Waals surface area (Å²) in [6.45, 7) is 4.41. The average molecular weight is 272 g/mol. The standard InChI is InChI=1S/C16H22N4/c1-19-11-3-9-17-15(19)13-5-7-14(8-6-13)16-18-10-4-12-20(16)2/h5-8H,3-4,9-12H2,1-2H3/p+2. The second-order valence-electron chi connectivity index (χ2n) is 5.68. The number of hydrogen-bond acceptors (Lipinski definition) is 2. The zero-order chi connectivity index (χ0) is 13.9. The summed E-state index contributed by atoms with van der Waals surface area (Å²) in [5.41, 5.74) is 2.55. The van der Waals surface area contributed by atoms with E-state index in [-0.39, 0.29) is 0 Å². The smallest absolute Gasteiger partial charge is 0.274 e. The van der Waals surface area contributed by atoms with E-state index in [0.29, 0.717) is 0 Å². The second-order valence-corrected chi connectivity index (χ2v) is 5.68. The van der Waals surface area contributed by atoms with Crippen molar-refractivity contribution < 1.29 is 9.15 Å². The van der Waals surface area contributed by atoms with Crippen molar-refractivity contribution in [3.05, 3.63) is 35.4 Å². The van der Waals surface area contributed by atoms with Gasteiger partial charge in [0.05, 0.1) is 51.4 Å². The van der Waals surface area contributed by atoms with E-state index < -0.39 is 0 Å². The largest absolute Gasteiger partial charge is 0.276 e. The van der Waals surface area contributed by atoms with Crippen molar-refractivity contribution in [3.63, 3.8) is 0 Å². The molecule has 4 heteroatoms. The first-order chi connectivity index (χ1) is 9.75. The Kier molecular flexibility index (Phi) is 3.72. The van der Waals surface area contributed by atoms with E-state index in [9.17, 15) is 0 Å². The molecule has 2 aliphatic heterocycles. The molecular weight excluding hydrogens is 248 g/mol. The van der Waals surface area contributed by atoms with Crippen LogP contribution in [0.2, 0.25) is 0 Å². The fraction of sp³-hybridized carbons (Fsp3) is 0.500. The first-order valence-corrected chi connectivity index (χ1v) is 7.50. The van der Waals surface area contributed by atoms with Crippen molar-refractivity contribution in [2.75, 3.05) is 40.3 Å². The third-order valence-electron chi connectivity index (χ3n) is 4.12. The Morgan fingerprint density at radius 1 is 0.750 bits per heavy atom. The van der Waals surface area contributed by atoms with Gasteiger partial charge in [-0.25, -0.2) is 0 Å². The number of rotatable bonds is 2. The highest BCUT2D eigenvalue weighted by Crippen LogP contribution is 2.08. The van der Waals surface area contributed by atoms with Crippen molar-refractivity contribution in [1.29, 1.82) is 0 Å². The molecule has 2 aliphatic rings. The summed E-state index contributed by atoms with van der Waals surface area (Å²) in [5.74, 6) is 2.50. The van der Waals surface area contributed by atoms with Gasteiger partial charge in [-0.15, -0.1) is 0 Å². The van der Waals surface area contributed by atoms with E-state index in [0.717, 1.165) is 26.2 Å². The van der Waals surface area contributed by atoms with Gasteiger partial charge in [0.2, 0.25) is 0 Å². The summed E-state index contributed by atoms with van der Waals surface area (Å²) in [6.07, 6.45) is 2.43. The molecule has 0 saturated heterocycles. The lowest BCUT2D eigenvalue weighted by molar-refractivity contribution is -0.503. The van der Waals surface area contributed by atoms with Gasteiger partial charge in [0, 0.05) is 12.8 Å². The maximum Gasteiger partial charge on any atom is 0.276 e. The first-order valence-electron chi connectivity index (χ1n) is 7.50. The van der Waals surface area contributed by atoms with Gasteiger partial charge in [0.1, 0.15) is 0 Å². The highest BCUT2D eigenvalue weighted by molar-refractivity contribution is 5.98. The SMILES string of the molecule is C[N+]1=C(c2ccc(C3=[N+](C)CCCN3)cc2)NCCC1. The fourth-order valence-electron chi connectivity index (χ4n) is 2.97. The van der Waals surface area contributed by atoms with Gasteiger partial charge in [-0.05, 0) is 24.3 Å². The molecule has 0 aromatic heterocycles. The minimum atomic E-state index is 1.07. The zero-order valence-electron chi connectivity index (χ0n) is 12.4. The van der Waals surface area contributed by atoms with Gasteiger partial charge in [0.15, 0.2) is 0 Å². The van der Waals surface area contributed by atoms with Crippen LogP contribution in [0, 0.1) is 0 Å². The molecule has 2 heterocycles. The van der Waals surface area contributed by atoms with E-state index in [1.807, 2.05) is 0 Å². The van der Waals surface area contributed by atoms with Crippen molar-refractivity contribution >= 4 is 11.7 Å². The quantitative estimate of drug-likeness (QED) is 0.766. The van der Waals surface area contributed by atoms with Crippen LogP contribution in [0.5, 0.6) is 0 Å². The third-order valence-corrected chi connectivity index (χ3v) is 4.12. The molecule has 3 rings (SSSR count). The van der Waals surface area contributed by atoms with Gasteiger partial charge in [-0.2, -0.15) is 0 Å². The summed E-state index contributed by atoms with van der Waals surface area (Å²) in [6, 6.07) is 8.88. The number of hydrogen-bond donors (Lipinski definition) is 2. The van der Waals surface area contributed by atoms with Crippen LogP contribution in [0.15, 0.2) is 24.3 Å². The predicted molar refractivity (Wildman–Crippen MR) is 82.0 cm³/mol. The van der Waals surface area contributed by atoms with Crippen LogP contribution in [0.4, 0.5) is 0 Å². The number of nitrogens with one attached hydrogen (secondary N) is 2. The molecule has 0 fully saturated rings. The van der Waals surface area contributed by atoms with Crippen LogP contribution in [-0.2, 0) is 0 Å². The molecular formula is C16H24N4+2. The Balaban J connectivity index is 1.88. The highest BCUT2D eigenvalue weighted by atomic mass is 15.1. The van der Waals surface area contributed by atoms with E-state index in [1.165, 1.54) is 35.6 Å². The monoisotopic (exact) mass is 272 g/mol. The van der Waals surface area contributed by atoms with Crippen LogP contribution >= 0.6 is 0 Å². The van der Waals surface area contributed by atoms with Crippen molar-refractivity contribution in [3.8, 4) is 0 Å². The van der Waals surface area contributed by atoms with Crippen LogP contribution in [0.25, 0.3) is 0 Å². The first kappa shape index (κ1) is 13.2. The summed E-state index contributed by atoms with van der Waals surface area (Å²) >= 11 is 0. The molecule has 0 aliphatic carbocycles. The van der Waals surface area contributed by atoms with Crippen LogP contribution in [0.3, 0.4) is 0 Å². The normalized spacial score (nSPS) is 19.7. The molecule has 0 atom stereocenters. The third kappa shape index (κ3) is 2.55. The lowest BCUT2D eigenvalue weighted by atomic mass is 10.1. The lowest BCUT2D eigenvalue weighted by Crippen LogP contribution is -2.40. The van der Waals surface area contributed by atoms with E-state index in [2.05, 4.69) is 58.1 Å². The predicted octanol–water partition coefficient (Wildman–Crippen LogP) is 0.451. The Hall–Kier alpha value is -1.84. The number of amidine groups is 2. The summed E-state index contributed by atoms with van der Waals surface area (Å²) in [7, 11) is 4.31. The molecule has 0 radical (unpaired) electrons. The topological polar surface area (TPSA) is 30.1 Å². The molecule has 1 aromatic carbocycles. The van der Waals surface area contributed by atoms with Crippen molar-refractivity contribution in [2.45, 2.75) is 12.8 Å². The molecule has 4 nitrogen and oxygen atoms in total. The van der Waals surface area contributed by atoms with Crippen LogP contribution in [0.1, 0.15) is 24.0 Å². The molecule has 0 spiro atoms. The second kappa shape index (κ2) is 5.65. The summed E-state index contributed by atoms with van der Waals surface area (Å²) in [5, 5.41) is 7.01. The van der Waals surface area contributed by atoms with Gasteiger partial charge in [0.25, 0.3) is 11.7 Å². The molecule has 1 aromatic rings. The number of nitrogens with zero attached hydrogens (tertiary/aromatic N) is 2. The Morgan fingerprint density at radius 3 is 1.50 bits per heavy atom. The highest BCUT2D eigenvalue weighted by Gasteiger charge is 2.20. The Morgan fingerprint density at radius 2 is 1.15 bits per heavy atom. The summed E-state index contributed by atoms with van der Waals surface area (Å²) in [4.78, 5) is 0. The van der Waals surface area contributed by atoms with Gasteiger partial charge >= 0.3 is 0 Å². The maximum absolute atomic E-state index is 3.50. The summed E-state index contributed by atoms with van der Waals surface area (Å²) < 4.78 is 4.60. The molecule has 2 N–H and O–H groups in total. The molecule has 20 heavy (non-hydrogen) atoms. The van der Waals surface area contributed by atoms with Gasteiger partial charge < -0.3 is 0 Å². The molecule has 106 valence electrons. The average Bonchev–Trinajstić information content (AvgIpc) is 2.49. The van der Waals surface area contributed by atoms with Crippen molar-refractivity contribution in [1.82, 2.24) is 10.6 Å². The molecule has 0 amide bonds. The zero-order valence-corrected chi connectivity index (χ0v) is 12.4. The van der Waals surface area contributed by atoms with Crippen molar-refractivity contribution in [2.24, 2.45) is 0 Å². The van der Waals surface area contributed by atoms with E-state index >= 15 is 0 Å². The molecule has 0 unspecified atom stereocenters. The van der Waals surface area contributed by atoms with Gasteiger partial charge in [-0.3, -0.25) is 19.8 Å².